The maximum Gasteiger partial charge on any atom is 0.0641 e. The monoisotopic (exact) mass is 229 g/mol. The van der Waals surface area contributed by atoms with E-state index in [4.69, 9.17) is 4.74 Å². The molecule has 0 spiro atoms. The minimum Gasteiger partial charge on any atom is -0.380 e. The Balaban J connectivity index is 0. The van der Waals surface area contributed by atoms with Crippen molar-refractivity contribution in [1.82, 2.24) is 4.90 Å². The topological polar surface area (TPSA) is 12.5 Å². The summed E-state index contributed by atoms with van der Waals surface area (Å²) in [4.78, 5) is 2.43. The highest BCUT2D eigenvalue weighted by Crippen LogP contribution is 2.19. The van der Waals surface area contributed by atoms with Gasteiger partial charge in [0.2, 0.25) is 0 Å². The van der Waals surface area contributed by atoms with Gasteiger partial charge in [-0.05, 0) is 26.7 Å². The van der Waals surface area contributed by atoms with E-state index in [9.17, 15) is 0 Å². The molecule has 98 valence electrons. The van der Waals surface area contributed by atoms with Gasteiger partial charge in [-0.3, -0.25) is 0 Å². The minimum absolute atomic E-state index is 0.832. The number of likely N-dealkylation sites (tertiary alicyclic amines) is 1. The summed E-state index contributed by atoms with van der Waals surface area (Å²) in [6, 6.07) is 0. The average Bonchev–Trinajstić information content (AvgIpc) is 2.82. The van der Waals surface area contributed by atoms with Crippen LogP contribution in [0.25, 0.3) is 0 Å². The predicted molar refractivity (Wildman–Crippen MR) is 73.8 cm³/mol. The van der Waals surface area contributed by atoms with Gasteiger partial charge in [-0.25, -0.2) is 0 Å². The van der Waals surface area contributed by atoms with Crippen LogP contribution in [0.15, 0.2) is 11.8 Å². The lowest BCUT2D eigenvalue weighted by Gasteiger charge is -2.19. The molecule has 0 atom stereocenters. The van der Waals surface area contributed by atoms with Gasteiger partial charge >= 0.3 is 0 Å². The second-order valence-electron chi connectivity index (χ2n) is 3.07. The largest absolute Gasteiger partial charge is 0.380 e. The first-order valence-electron chi connectivity index (χ1n) is 6.86. The van der Waals surface area contributed by atoms with Crippen molar-refractivity contribution in [1.29, 1.82) is 0 Å². The van der Waals surface area contributed by atoms with Crippen molar-refractivity contribution in [3.8, 4) is 0 Å². The van der Waals surface area contributed by atoms with Crippen molar-refractivity contribution in [3.63, 3.8) is 0 Å². The summed E-state index contributed by atoms with van der Waals surface area (Å²) < 4.78 is 5.32. The third-order valence-electron chi connectivity index (χ3n) is 2.31. The first-order chi connectivity index (χ1) is 7.88. The van der Waals surface area contributed by atoms with Gasteiger partial charge in [-0.1, -0.05) is 33.8 Å². The molecule has 2 nitrogen and oxygen atoms in total. The molecule has 0 saturated carbocycles. The molecule has 0 bridgehead atoms. The second-order valence-corrected chi connectivity index (χ2v) is 3.07. The molecule has 1 aliphatic rings. The molecule has 2 heteroatoms. The van der Waals surface area contributed by atoms with E-state index in [2.05, 4.69) is 17.9 Å². The highest BCUT2D eigenvalue weighted by atomic mass is 16.5. The maximum atomic E-state index is 5.32. The van der Waals surface area contributed by atoms with Crippen LogP contribution in [0.4, 0.5) is 0 Å². The van der Waals surface area contributed by atoms with Crippen molar-refractivity contribution in [2.45, 2.75) is 54.4 Å². The van der Waals surface area contributed by atoms with E-state index in [1.165, 1.54) is 25.1 Å². The van der Waals surface area contributed by atoms with Crippen LogP contribution in [0.1, 0.15) is 54.4 Å². The minimum atomic E-state index is 0.832. The SMILES string of the molecule is C/C=C1\CCCN1CCOCC.CC.CC. The number of rotatable bonds is 4. The standard InChI is InChI=1S/C10H19NO.2C2H6/c1-3-10-6-5-7-11(10)8-9-12-4-2;2*1-2/h3H,4-9H2,1-2H3;2*1-2H3/b10-3+;;. The van der Waals surface area contributed by atoms with Crippen molar-refractivity contribution >= 4 is 0 Å². The van der Waals surface area contributed by atoms with Crippen LogP contribution < -0.4 is 0 Å². The number of nitrogens with zero attached hydrogens (tertiary/aromatic N) is 1. The number of ether oxygens (including phenoxy) is 1. The third kappa shape index (κ3) is 7.75. The summed E-state index contributed by atoms with van der Waals surface area (Å²) >= 11 is 0. The summed E-state index contributed by atoms with van der Waals surface area (Å²) in [5.41, 5.74) is 1.50. The molecule has 1 fully saturated rings. The maximum absolute atomic E-state index is 5.32. The van der Waals surface area contributed by atoms with Crippen LogP contribution in [0.3, 0.4) is 0 Å². The van der Waals surface area contributed by atoms with E-state index in [1.807, 2.05) is 34.6 Å². The number of allylic oxidation sites excluding steroid dienone is 2. The molecule has 0 radical (unpaired) electrons. The average molecular weight is 229 g/mol. The number of hydrogen-bond acceptors (Lipinski definition) is 2. The van der Waals surface area contributed by atoms with E-state index in [1.54, 1.807) is 0 Å². The van der Waals surface area contributed by atoms with Gasteiger partial charge in [0.15, 0.2) is 0 Å². The summed E-state index contributed by atoms with van der Waals surface area (Å²) in [6.45, 7) is 16.1. The quantitative estimate of drug-likeness (QED) is 0.674. The zero-order chi connectivity index (χ0) is 12.8. The molecular weight excluding hydrogens is 198 g/mol. The van der Waals surface area contributed by atoms with Gasteiger partial charge in [0.1, 0.15) is 0 Å². The Morgan fingerprint density at radius 2 is 1.88 bits per heavy atom. The van der Waals surface area contributed by atoms with Crippen LogP contribution >= 0.6 is 0 Å². The van der Waals surface area contributed by atoms with Crippen LogP contribution in [-0.4, -0.2) is 31.2 Å². The lowest BCUT2D eigenvalue weighted by Crippen LogP contribution is -2.22. The Morgan fingerprint density at radius 1 is 1.25 bits per heavy atom. The third-order valence-corrected chi connectivity index (χ3v) is 2.31. The molecule has 0 amide bonds. The Hall–Kier alpha value is -0.500. The van der Waals surface area contributed by atoms with Gasteiger partial charge in [-0.2, -0.15) is 0 Å². The van der Waals surface area contributed by atoms with E-state index < -0.39 is 0 Å². The molecule has 0 aromatic heterocycles. The van der Waals surface area contributed by atoms with Crippen molar-refractivity contribution in [3.05, 3.63) is 11.8 Å². The van der Waals surface area contributed by atoms with Crippen molar-refractivity contribution < 1.29 is 4.74 Å². The zero-order valence-corrected chi connectivity index (χ0v) is 12.2. The molecule has 0 aromatic carbocycles. The summed E-state index contributed by atoms with van der Waals surface area (Å²) in [5, 5.41) is 0. The lowest BCUT2D eigenvalue weighted by atomic mass is 10.3. The molecule has 1 saturated heterocycles. The van der Waals surface area contributed by atoms with E-state index >= 15 is 0 Å². The molecule has 1 aliphatic heterocycles. The molecule has 0 aliphatic carbocycles. The molecule has 0 N–H and O–H groups in total. The zero-order valence-electron chi connectivity index (χ0n) is 12.2. The Bertz CT molecular complexity index is 155. The molecule has 1 heterocycles. The van der Waals surface area contributed by atoms with Crippen LogP contribution in [0.2, 0.25) is 0 Å². The highest BCUT2D eigenvalue weighted by Gasteiger charge is 2.14. The van der Waals surface area contributed by atoms with E-state index in [-0.39, 0.29) is 0 Å². The van der Waals surface area contributed by atoms with Gasteiger partial charge in [-0.15, -0.1) is 0 Å². The van der Waals surface area contributed by atoms with Gasteiger partial charge < -0.3 is 9.64 Å². The summed E-state index contributed by atoms with van der Waals surface area (Å²) in [6.07, 6.45) is 4.79. The van der Waals surface area contributed by atoms with Gasteiger partial charge in [0.25, 0.3) is 0 Å². The molecule has 0 unspecified atom stereocenters. The van der Waals surface area contributed by atoms with Crippen LogP contribution in [0.5, 0.6) is 0 Å². The smallest absolute Gasteiger partial charge is 0.0641 e. The van der Waals surface area contributed by atoms with Crippen molar-refractivity contribution in [2.24, 2.45) is 0 Å². The Labute approximate surface area is 103 Å². The number of hydrogen-bond donors (Lipinski definition) is 0. The van der Waals surface area contributed by atoms with Gasteiger partial charge in [0.05, 0.1) is 6.61 Å². The first kappa shape index (κ1) is 17.9. The fraction of sp³-hybridized carbons (Fsp3) is 0.857. The molecule has 16 heavy (non-hydrogen) atoms. The van der Waals surface area contributed by atoms with Crippen LogP contribution in [0, 0.1) is 0 Å². The molecule has 1 rings (SSSR count). The van der Waals surface area contributed by atoms with Gasteiger partial charge in [0, 0.05) is 25.4 Å². The summed E-state index contributed by atoms with van der Waals surface area (Å²) in [7, 11) is 0. The molecular formula is C14H31NO. The second kappa shape index (κ2) is 14.5. The Kier molecular flexibility index (Phi) is 16.2. The lowest BCUT2D eigenvalue weighted by molar-refractivity contribution is 0.128. The highest BCUT2D eigenvalue weighted by molar-refractivity contribution is 5.04. The fourth-order valence-corrected chi connectivity index (χ4v) is 1.65. The molecule has 0 aromatic rings. The first-order valence-corrected chi connectivity index (χ1v) is 6.86. The fourth-order valence-electron chi connectivity index (χ4n) is 1.65. The predicted octanol–water partition coefficient (Wildman–Crippen LogP) is 4.07. The van der Waals surface area contributed by atoms with E-state index in [0.29, 0.717) is 0 Å². The van der Waals surface area contributed by atoms with Crippen LogP contribution in [-0.2, 0) is 4.74 Å². The van der Waals surface area contributed by atoms with Crippen molar-refractivity contribution in [2.75, 3.05) is 26.3 Å². The Morgan fingerprint density at radius 3 is 2.38 bits per heavy atom. The van der Waals surface area contributed by atoms with E-state index in [0.717, 1.165) is 19.8 Å². The normalized spacial score (nSPS) is 16.4. The summed E-state index contributed by atoms with van der Waals surface area (Å²) in [5.74, 6) is 0.